The van der Waals surface area contributed by atoms with Gasteiger partial charge >= 0.3 is 0 Å². The molecule has 3 N–H and O–H groups in total. The molecule has 0 radical (unpaired) electrons. The number of hydrogen-bond donors (Lipinski definition) is 2. The van der Waals surface area contributed by atoms with Crippen LogP contribution in [0.25, 0.3) is 0 Å². The number of nitrogens with two attached hydrogens (primary N) is 1. The Morgan fingerprint density at radius 2 is 1.79 bits per heavy atom. The molecule has 1 rings (SSSR count). The van der Waals surface area contributed by atoms with Gasteiger partial charge in [-0.05, 0) is 31.1 Å². The van der Waals surface area contributed by atoms with Crippen LogP contribution < -0.4 is 5.73 Å². The maximum Gasteiger partial charge on any atom is 0.0436 e. The number of aliphatic hydroxyl groups excluding tert-OH is 1. The molecule has 2 heteroatoms. The highest BCUT2D eigenvalue weighted by molar-refractivity contribution is 4.89. The van der Waals surface area contributed by atoms with E-state index in [0.29, 0.717) is 6.61 Å². The third-order valence-corrected chi connectivity index (χ3v) is 3.94. The molecule has 0 saturated heterocycles. The maximum atomic E-state index is 9.16. The van der Waals surface area contributed by atoms with Gasteiger partial charge in [-0.1, -0.05) is 32.6 Å². The van der Waals surface area contributed by atoms with Crippen LogP contribution in [0.2, 0.25) is 0 Å². The van der Waals surface area contributed by atoms with Crippen LogP contribution in [-0.4, -0.2) is 17.8 Å². The minimum Gasteiger partial charge on any atom is -0.396 e. The Balaban J connectivity index is 2.66. The van der Waals surface area contributed by atoms with Crippen LogP contribution in [0.3, 0.4) is 0 Å². The zero-order chi connectivity index (χ0) is 10.4. The average molecular weight is 199 g/mol. The first kappa shape index (κ1) is 12.0. The van der Waals surface area contributed by atoms with Crippen molar-refractivity contribution in [3.05, 3.63) is 0 Å². The van der Waals surface area contributed by atoms with Crippen molar-refractivity contribution in [3.63, 3.8) is 0 Å². The van der Waals surface area contributed by atoms with Crippen molar-refractivity contribution < 1.29 is 5.11 Å². The topological polar surface area (TPSA) is 46.2 Å². The number of rotatable bonds is 4. The summed E-state index contributed by atoms with van der Waals surface area (Å²) in [4.78, 5) is 0. The van der Waals surface area contributed by atoms with Gasteiger partial charge in [0.05, 0.1) is 0 Å². The molecule has 0 aromatic heterocycles. The van der Waals surface area contributed by atoms with Crippen LogP contribution in [0.1, 0.15) is 58.3 Å². The van der Waals surface area contributed by atoms with E-state index in [-0.39, 0.29) is 11.5 Å². The second-order valence-electron chi connectivity index (χ2n) is 4.76. The van der Waals surface area contributed by atoms with Crippen molar-refractivity contribution in [3.8, 4) is 0 Å². The molecular weight excluding hydrogens is 174 g/mol. The normalized spacial score (nSPS) is 24.2. The van der Waals surface area contributed by atoms with E-state index < -0.39 is 0 Å². The molecule has 14 heavy (non-hydrogen) atoms. The van der Waals surface area contributed by atoms with Crippen LogP contribution in [0.4, 0.5) is 0 Å². The van der Waals surface area contributed by atoms with Gasteiger partial charge < -0.3 is 10.8 Å². The lowest BCUT2D eigenvalue weighted by Crippen LogP contribution is -2.41. The second-order valence-corrected chi connectivity index (χ2v) is 4.76. The fraction of sp³-hybridized carbons (Fsp3) is 1.00. The van der Waals surface area contributed by atoms with Gasteiger partial charge in [0.2, 0.25) is 0 Å². The smallest absolute Gasteiger partial charge is 0.0436 e. The zero-order valence-electron chi connectivity index (χ0n) is 9.47. The van der Waals surface area contributed by atoms with Crippen molar-refractivity contribution in [1.29, 1.82) is 0 Å². The van der Waals surface area contributed by atoms with E-state index in [1.54, 1.807) is 0 Å². The van der Waals surface area contributed by atoms with Crippen molar-refractivity contribution in [2.24, 2.45) is 11.1 Å². The molecule has 0 aromatic rings. The molecule has 1 unspecified atom stereocenters. The molecule has 1 saturated carbocycles. The van der Waals surface area contributed by atoms with Crippen LogP contribution in [0.15, 0.2) is 0 Å². The van der Waals surface area contributed by atoms with Crippen LogP contribution >= 0.6 is 0 Å². The summed E-state index contributed by atoms with van der Waals surface area (Å²) in [5.41, 5.74) is 6.48. The third kappa shape index (κ3) is 2.71. The first-order valence-corrected chi connectivity index (χ1v) is 6.11. The second kappa shape index (κ2) is 5.72. The Morgan fingerprint density at radius 3 is 2.21 bits per heavy atom. The standard InChI is InChI=1S/C12H25NO/c1-2-11(13)12(9-10-14)7-5-3-4-6-8-12/h11,14H,2-10,13H2,1H3. The van der Waals surface area contributed by atoms with E-state index in [1.165, 1.54) is 38.5 Å². The molecule has 0 amide bonds. The van der Waals surface area contributed by atoms with E-state index in [0.717, 1.165) is 12.8 Å². The minimum absolute atomic E-state index is 0.250. The highest BCUT2D eigenvalue weighted by Gasteiger charge is 2.35. The first-order chi connectivity index (χ1) is 6.75. The highest BCUT2D eigenvalue weighted by Crippen LogP contribution is 2.41. The molecule has 84 valence electrons. The van der Waals surface area contributed by atoms with Gasteiger partial charge in [0.1, 0.15) is 0 Å². The zero-order valence-corrected chi connectivity index (χ0v) is 9.47. The minimum atomic E-state index is 0.250. The lowest BCUT2D eigenvalue weighted by atomic mass is 9.71. The molecular formula is C12H25NO. The largest absolute Gasteiger partial charge is 0.396 e. The molecule has 0 spiro atoms. The maximum absolute atomic E-state index is 9.16. The summed E-state index contributed by atoms with van der Waals surface area (Å²) in [6.07, 6.45) is 9.70. The molecule has 1 fully saturated rings. The van der Waals surface area contributed by atoms with Crippen molar-refractivity contribution in [2.75, 3.05) is 6.61 Å². The molecule has 0 aliphatic heterocycles. The fourth-order valence-electron chi connectivity index (χ4n) is 2.89. The highest BCUT2D eigenvalue weighted by atomic mass is 16.3. The van der Waals surface area contributed by atoms with Gasteiger partial charge in [-0.2, -0.15) is 0 Å². The molecule has 1 atom stereocenters. The number of hydrogen-bond acceptors (Lipinski definition) is 2. The SMILES string of the molecule is CCC(N)C1(CCO)CCCCCC1. The molecule has 1 aliphatic rings. The Labute approximate surface area is 87.9 Å². The summed E-state index contributed by atoms with van der Waals surface area (Å²) < 4.78 is 0. The van der Waals surface area contributed by atoms with Gasteiger partial charge in [-0.3, -0.25) is 0 Å². The predicted molar refractivity (Wildman–Crippen MR) is 60.1 cm³/mol. The molecule has 2 nitrogen and oxygen atoms in total. The summed E-state index contributed by atoms with van der Waals surface area (Å²) in [5.74, 6) is 0. The monoisotopic (exact) mass is 199 g/mol. The Kier molecular flexibility index (Phi) is 4.90. The van der Waals surface area contributed by atoms with Crippen LogP contribution in [-0.2, 0) is 0 Å². The summed E-state index contributed by atoms with van der Waals surface area (Å²) in [5, 5.41) is 9.16. The van der Waals surface area contributed by atoms with E-state index in [1.807, 2.05) is 0 Å². The molecule has 0 bridgehead atoms. The van der Waals surface area contributed by atoms with Crippen molar-refractivity contribution >= 4 is 0 Å². The Morgan fingerprint density at radius 1 is 1.21 bits per heavy atom. The quantitative estimate of drug-likeness (QED) is 0.683. The van der Waals surface area contributed by atoms with Gasteiger partial charge in [0, 0.05) is 12.6 Å². The van der Waals surface area contributed by atoms with Crippen LogP contribution in [0, 0.1) is 5.41 Å². The van der Waals surface area contributed by atoms with E-state index in [9.17, 15) is 0 Å². The van der Waals surface area contributed by atoms with Crippen LogP contribution in [0.5, 0.6) is 0 Å². The van der Waals surface area contributed by atoms with E-state index in [4.69, 9.17) is 10.8 Å². The summed E-state index contributed by atoms with van der Waals surface area (Å²) >= 11 is 0. The predicted octanol–water partition coefficient (Wildman–Crippen LogP) is 2.45. The molecule has 1 aliphatic carbocycles. The lowest BCUT2D eigenvalue weighted by molar-refractivity contribution is 0.124. The van der Waals surface area contributed by atoms with Gasteiger partial charge in [0.15, 0.2) is 0 Å². The summed E-state index contributed by atoms with van der Waals surface area (Å²) in [7, 11) is 0. The van der Waals surface area contributed by atoms with Crippen molar-refractivity contribution in [2.45, 2.75) is 64.3 Å². The average Bonchev–Trinajstić information content (AvgIpc) is 2.44. The first-order valence-electron chi connectivity index (χ1n) is 6.11. The molecule has 0 aromatic carbocycles. The van der Waals surface area contributed by atoms with Crippen molar-refractivity contribution in [1.82, 2.24) is 0 Å². The van der Waals surface area contributed by atoms with Gasteiger partial charge in [0.25, 0.3) is 0 Å². The number of aliphatic hydroxyl groups is 1. The van der Waals surface area contributed by atoms with Gasteiger partial charge in [-0.15, -0.1) is 0 Å². The lowest BCUT2D eigenvalue weighted by Gasteiger charge is -2.38. The summed E-state index contributed by atoms with van der Waals surface area (Å²) in [6.45, 7) is 2.46. The molecule has 0 heterocycles. The van der Waals surface area contributed by atoms with Gasteiger partial charge in [-0.25, -0.2) is 0 Å². The van der Waals surface area contributed by atoms with E-state index >= 15 is 0 Å². The van der Waals surface area contributed by atoms with E-state index in [2.05, 4.69) is 6.92 Å². The Bertz CT molecular complexity index is 150. The Hall–Kier alpha value is -0.0800. The third-order valence-electron chi connectivity index (χ3n) is 3.94. The summed E-state index contributed by atoms with van der Waals surface area (Å²) in [6, 6.07) is 0.285. The fourth-order valence-corrected chi connectivity index (χ4v) is 2.89.